The molecule has 0 amide bonds. The van der Waals surface area contributed by atoms with Gasteiger partial charge >= 0.3 is 0 Å². The summed E-state index contributed by atoms with van der Waals surface area (Å²) in [5.41, 5.74) is 6.55. The number of benzene rings is 3. The number of ether oxygens (including phenoxy) is 1. The Balaban J connectivity index is 1.86. The number of fused-ring (bicyclic) bond motifs is 1. The predicted molar refractivity (Wildman–Crippen MR) is 93.4 cm³/mol. The van der Waals surface area contributed by atoms with Crippen LogP contribution in [0.3, 0.4) is 0 Å². The van der Waals surface area contributed by atoms with Crippen LogP contribution in [0.25, 0.3) is 0 Å². The highest BCUT2D eigenvalue weighted by molar-refractivity contribution is 5.44. The van der Waals surface area contributed by atoms with Crippen molar-refractivity contribution in [1.82, 2.24) is 0 Å². The minimum atomic E-state index is 0.0637. The monoisotopic (exact) mass is 300 g/mol. The molecule has 3 aromatic rings. The Morgan fingerprint density at radius 3 is 2.13 bits per heavy atom. The molecule has 0 unspecified atom stereocenters. The number of rotatable bonds is 2. The van der Waals surface area contributed by atoms with E-state index in [-0.39, 0.29) is 12.0 Å². The standard InChI is InChI=1S/C22H20O/c1-16-12-13-20-19(14-16)15-23-22(18-10-6-3-7-11-18)21(20)17-8-4-2-5-9-17/h2-14,21-22H,15H2,1H3/t21-,22-/m1/s1. The molecule has 4 rings (SSSR count). The largest absolute Gasteiger partial charge is 0.368 e. The third-order valence-electron chi connectivity index (χ3n) is 4.64. The third-order valence-corrected chi connectivity index (χ3v) is 4.64. The van der Waals surface area contributed by atoms with Gasteiger partial charge in [-0.15, -0.1) is 0 Å². The van der Waals surface area contributed by atoms with Crippen LogP contribution < -0.4 is 0 Å². The second-order valence-corrected chi connectivity index (χ2v) is 6.23. The Bertz CT molecular complexity index is 793. The molecule has 0 fully saturated rings. The van der Waals surface area contributed by atoms with E-state index in [2.05, 4.69) is 85.8 Å². The first-order valence-corrected chi connectivity index (χ1v) is 8.14. The van der Waals surface area contributed by atoms with Crippen molar-refractivity contribution in [3.63, 3.8) is 0 Å². The van der Waals surface area contributed by atoms with Gasteiger partial charge in [-0.25, -0.2) is 0 Å². The third kappa shape index (κ3) is 2.69. The zero-order valence-electron chi connectivity index (χ0n) is 13.3. The Labute approximate surface area is 137 Å². The average Bonchev–Trinajstić information content (AvgIpc) is 2.62. The minimum Gasteiger partial charge on any atom is -0.368 e. The Hall–Kier alpha value is -2.38. The van der Waals surface area contributed by atoms with Crippen molar-refractivity contribution < 1.29 is 4.74 Å². The molecule has 0 aliphatic carbocycles. The van der Waals surface area contributed by atoms with E-state index in [0.717, 1.165) is 0 Å². The SMILES string of the molecule is Cc1ccc2c(c1)CO[C@H](c1ccccc1)[C@@H]2c1ccccc1. The highest BCUT2D eigenvalue weighted by atomic mass is 16.5. The zero-order chi connectivity index (χ0) is 15.6. The van der Waals surface area contributed by atoms with E-state index in [4.69, 9.17) is 4.74 Å². The van der Waals surface area contributed by atoms with Gasteiger partial charge in [-0.3, -0.25) is 0 Å². The maximum absolute atomic E-state index is 6.31. The molecule has 0 saturated heterocycles. The van der Waals surface area contributed by atoms with Gasteiger partial charge in [-0.1, -0.05) is 84.4 Å². The van der Waals surface area contributed by atoms with E-state index < -0.39 is 0 Å². The molecule has 23 heavy (non-hydrogen) atoms. The van der Waals surface area contributed by atoms with Crippen LogP contribution in [-0.2, 0) is 11.3 Å². The van der Waals surface area contributed by atoms with Crippen LogP contribution in [0.15, 0.2) is 78.9 Å². The molecule has 0 aromatic heterocycles. The van der Waals surface area contributed by atoms with Crippen molar-refractivity contribution in [1.29, 1.82) is 0 Å². The lowest BCUT2D eigenvalue weighted by Gasteiger charge is -2.35. The van der Waals surface area contributed by atoms with Crippen LogP contribution in [-0.4, -0.2) is 0 Å². The maximum Gasteiger partial charge on any atom is 0.0938 e. The van der Waals surface area contributed by atoms with Gasteiger partial charge in [0.15, 0.2) is 0 Å². The molecule has 1 nitrogen and oxygen atoms in total. The molecule has 114 valence electrons. The Morgan fingerprint density at radius 1 is 0.783 bits per heavy atom. The first kappa shape index (κ1) is 14.2. The van der Waals surface area contributed by atoms with Crippen LogP contribution in [0.1, 0.15) is 39.8 Å². The van der Waals surface area contributed by atoms with Gasteiger partial charge in [0, 0.05) is 5.92 Å². The highest BCUT2D eigenvalue weighted by Gasteiger charge is 2.32. The van der Waals surface area contributed by atoms with E-state index in [1.807, 2.05) is 0 Å². The molecule has 1 heteroatoms. The van der Waals surface area contributed by atoms with Crippen LogP contribution in [0.2, 0.25) is 0 Å². The summed E-state index contributed by atoms with van der Waals surface area (Å²) >= 11 is 0. The molecule has 1 aliphatic rings. The van der Waals surface area contributed by atoms with Gasteiger partial charge in [0.25, 0.3) is 0 Å². The van der Waals surface area contributed by atoms with E-state index >= 15 is 0 Å². The average molecular weight is 300 g/mol. The smallest absolute Gasteiger partial charge is 0.0938 e. The first-order chi connectivity index (χ1) is 11.3. The topological polar surface area (TPSA) is 9.23 Å². The lowest BCUT2D eigenvalue weighted by atomic mass is 9.79. The van der Waals surface area contributed by atoms with Crippen LogP contribution >= 0.6 is 0 Å². The zero-order valence-corrected chi connectivity index (χ0v) is 13.3. The molecular formula is C22H20O. The van der Waals surface area contributed by atoms with Crippen molar-refractivity contribution in [3.8, 4) is 0 Å². The second-order valence-electron chi connectivity index (χ2n) is 6.23. The van der Waals surface area contributed by atoms with Gasteiger partial charge in [0.05, 0.1) is 12.7 Å². The summed E-state index contributed by atoms with van der Waals surface area (Å²) in [6, 6.07) is 28.0. The molecule has 0 N–H and O–H groups in total. The maximum atomic E-state index is 6.31. The molecule has 3 aromatic carbocycles. The van der Waals surface area contributed by atoms with Crippen molar-refractivity contribution in [2.75, 3.05) is 0 Å². The van der Waals surface area contributed by atoms with E-state index in [1.165, 1.54) is 27.8 Å². The van der Waals surface area contributed by atoms with Gasteiger partial charge in [0.2, 0.25) is 0 Å². The summed E-state index contributed by atoms with van der Waals surface area (Å²) in [4.78, 5) is 0. The van der Waals surface area contributed by atoms with E-state index in [9.17, 15) is 0 Å². The highest BCUT2D eigenvalue weighted by Crippen LogP contribution is 2.44. The second kappa shape index (κ2) is 6.02. The van der Waals surface area contributed by atoms with Crippen LogP contribution in [0.4, 0.5) is 0 Å². The fourth-order valence-electron chi connectivity index (χ4n) is 3.55. The molecule has 1 aliphatic heterocycles. The molecular weight excluding hydrogens is 280 g/mol. The summed E-state index contributed by atoms with van der Waals surface area (Å²) in [6.07, 6.45) is 0.0637. The van der Waals surface area contributed by atoms with Gasteiger partial charge in [0.1, 0.15) is 0 Å². The van der Waals surface area contributed by atoms with Crippen molar-refractivity contribution in [2.24, 2.45) is 0 Å². The molecule has 2 atom stereocenters. The first-order valence-electron chi connectivity index (χ1n) is 8.14. The number of hydrogen-bond acceptors (Lipinski definition) is 1. The fourth-order valence-corrected chi connectivity index (χ4v) is 3.55. The van der Waals surface area contributed by atoms with Gasteiger partial charge in [-0.2, -0.15) is 0 Å². The van der Waals surface area contributed by atoms with Gasteiger partial charge in [-0.05, 0) is 29.2 Å². The molecule has 1 heterocycles. The minimum absolute atomic E-state index is 0.0637. The van der Waals surface area contributed by atoms with Crippen LogP contribution in [0, 0.1) is 6.92 Å². The fraction of sp³-hybridized carbons (Fsp3) is 0.182. The van der Waals surface area contributed by atoms with Crippen molar-refractivity contribution >= 4 is 0 Å². The number of hydrogen-bond donors (Lipinski definition) is 0. The summed E-state index contributed by atoms with van der Waals surface area (Å²) < 4.78 is 6.31. The lowest BCUT2D eigenvalue weighted by molar-refractivity contribution is 0.0149. The summed E-state index contributed by atoms with van der Waals surface area (Å²) in [7, 11) is 0. The van der Waals surface area contributed by atoms with Crippen molar-refractivity contribution in [3.05, 3.63) is 107 Å². The Morgan fingerprint density at radius 2 is 1.43 bits per heavy atom. The summed E-state index contributed by atoms with van der Waals surface area (Å²) in [6.45, 7) is 2.82. The number of aryl methyl sites for hydroxylation is 1. The van der Waals surface area contributed by atoms with E-state index in [0.29, 0.717) is 6.61 Å². The van der Waals surface area contributed by atoms with Gasteiger partial charge < -0.3 is 4.74 Å². The van der Waals surface area contributed by atoms with Crippen molar-refractivity contribution in [2.45, 2.75) is 25.6 Å². The molecule has 0 radical (unpaired) electrons. The summed E-state index contributed by atoms with van der Waals surface area (Å²) in [5, 5.41) is 0. The molecule has 0 saturated carbocycles. The van der Waals surface area contributed by atoms with E-state index in [1.54, 1.807) is 0 Å². The quantitative estimate of drug-likeness (QED) is 0.616. The normalized spacial score (nSPS) is 20.0. The molecule has 0 spiro atoms. The predicted octanol–water partition coefficient (Wildman–Crippen LogP) is 5.40. The Kier molecular flexibility index (Phi) is 3.72. The lowest BCUT2D eigenvalue weighted by Crippen LogP contribution is -2.22. The van der Waals surface area contributed by atoms with Crippen LogP contribution in [0.5, 0.6) is 0 Å². The molecule has 0 bridgehead atoms. The summed E-state index contributed by atoms with van der Waals surface area (Å²) in [5.74, 6) is 0.239.